The molecule has 2 aromatic heterocycles. The van der Waals surface area contributed by atoms with Crippen LogP contribution in [0.25, 0.3) is 16.9 Å². The summed E-state index contributed by atoms with van der Waals surface area (Å²) < 4.78 is 24.8. The molecule has 5 nitrogen and oxygen atoms in total. The molecule has 2 heterocycles. The van der Waals surface area contributed by atoms with Gasteiger partial charge < -0.3 is 0 Å². The van der Waals surface area contributed by atoms with Crippen LogP contribution in [0.5, 0.6) is 0 Å². The van der Waals surface area contributed by atoms with Gasteiger partial charge in [0.05, 0.1) is 10.6 Å². The number of sulfone groups is 1. The minimum absolute atomic E-state index is 0.193. The number of hydrogen-bond donors (Lipinski definition) is 0. The summed E-state index contributed by atoms with van der Waals surface area (Å²) in [6.45, 7) is 0. The fourth-order valence-electron chi connectivity index (χ4n) is 2.21. The van der Waals surface area contributed by atoms with E-state index in [0.717, 1.165) is 6.26 Å². The summed E-state index contributed by atoms with van der Waals surface area (Å²) in [4.78, 5) is 8.33. The molecular weight excluding hydrogens is 393 g/mol. The van der Waals surface area contributed by atoms with Gasteiger partial charge in [0, 0.05) is 17.5 Å². The van der Waals surface area contributed by atoms with Gasteiger partial charge in [0.1, 0.15) is 16.6 Å². The molecule has 0 fully saturated rings. The fraction of sp³-hybridized carbons (Fsp3) is 0.0667. The molecule has 0 unspecified atom stereocenters. The lowest BCUT2D eigenvalue weighted by atomic mass is 10.2. The first kappa shape index (κ1) is 17.2. The molecule has 0 aliphatic rings. The number of pyridine rings is 1. The standard InChI is InChI=1S/C15H10Cl3N3O2S/c1-24(22,23)10-4-2-9(3-5-10)21-8-19-15(18)13(21)11-6-7-12(16)20-14(11)17/h2-8H,1H3. The molecule has 9 heteroatoms. The van der Waals surface area contributed by atoms with E-state index in [4.69, 9.17) is 34.8 Å². The van der Waals surface area contributed by atoms with E-state index in [2.05, 4.69) is 9.97 Å². The number of hydrogen-bond acceptors (Lipinski definition) is 4. The van der Waals surface area contributed by atoms with Crippen LogP contribution in [0.2, 0.25) is 15.5 Å². The quantitative estimate of drug-likeness (QED) is 0.613. The summed E-state index contributed by atoms with van der Waals surface area (Å²) in [7, 11) is -3.27. The van der Waals surface area contributed by atoms with Crippen LogP contribution in [0.1, 0.15) is 0 Å². The third-order valence-electron chi connectivity index (χ3n) is 3.34. The van der Waals surface area contributed by atoms with Gasteiger partial charge in [0.15, 0.2) is 15.0 Å². The van der Waals surface area contributed by atoms with E-state index >= 15 is 0 Å². The maximum Gasteiger partial charge on any atom is 0.175 e. The maximum atomic E-state index is 11.6. The van der Waals surface area contributed by atoms with Crippen molar-refractivity contribution in [2.24, 2.45) is 0 Å². The molecule has 0 aliphatic carbocycles. The number of benzene rings is 1. The average Bonchev–Trinajstić information content (AvgIpc) is 2.88. The molecule has 0 saturated carbocycles. The van der Waals surface area contributed by atoms with Gasteiger partial charge in [-0.25, -0.2) is 18.4 Å². The summed E-state index contributed by atoms with van der Waals surface area (Å²) in [5, 5.41) is 0.704. The molecule has 0 bridgehead atoms. The van der Waals surface area contributed by atoms with Crippen LogP contribution in [-0.2, 0) is 9.84 Å². The average molecular weight is 403 g/mol. The Morgan fingerprint density at radius 2 is 1.62 bits per heavy atom. The lowest BCUT2D eigenvalue weighted by molar-refractivity contribution is 0.602. The van der Waals surface area contributed by atoms with E-state index in [9.17, 15) is 8.42 Å². The van der Waals surface area contributed by atoms with Crippen LogP contribution < -0.4 is 0 Å². The first-order valence-electron chi connectivity index (χ1n) is 6.63. The maximum absolute atomic E-state index is 11.6. The summed E-state index contributed by atoms with van der Waals surface area (Å²) in [6.07, 6.45) is 2.68. The van der Waals surface area contributed by atoms with Crippen molar-refractivity contribution in [3.05, 3.63) is 58.2 Å². The topological polar surface area (TPSA) is 64.8 Å². The zero-order valence-corrected chi connectivity index (χ0v) is 15.3. The lowest BCUT2D eigenvalue weighted by Crippen LogP contribution is -2.00. The predicted octanol–water partition coefficient (Wildman–Crippen LogP) is 4.30. The molecular formula is C15H10Cl3N3O2S. The number of nitrogens with zero attached hydrogens (tertiary/aromatic N) is 3. The SMILES string of the molecule is CS(=O)(=O)c1ccc(-n2cnc(Cl)c2-c2ccc(Cl)nc2Cl)cc1. The summed E-state index contributed by atoms with van der Waals surface area (Å²) >= 11 is 18.2. The molecule has 1 aromatic carbocycles. The Morgan fingerprint density at radius 3 is 2.21 bits per heavy atom. The third kappa shape index (κ3) is 3.28. The first-order valence-corrected chi connectivity index (χ1v) is 9.65. The Balaban J connectivity index is 2.14. The predicted molar refractivity (Wildman–Crippen MR) is 94.9 cm³/mol. The minimum atomic E-state index is -3.27. The molecule has 0 spiro atoms. The van der Waals surface area contributed by atoms with E-state index in [0.29, 0.717) is 16.9 Å². The van der Waals surface area contributed by atoms with Crippen LogP contribution in [-0.4, -0.2) is 29.2 Å². The van der Waals surface area contributed by atoms with Gasteiger partial charge in [-0.15, -0.1) is 0 Å². The zero-order chi connectivity index (χ0) is 17.5. The summed E-state index contributed by atoms with van der Waals surface area (Å²) in [5.74, 6) is 0. The second kappa shape index (κ2) is 6.37. The number of aromatic nitrogens is 3. The van der Waals surface area contributed by atoms with Crippen molar-refractivity contribution in [3.8, 4) is 16.9 Å². The highest BCUT2D eigenvalue weighted by Crippen LogP contribution is 2.34. The van der Waals surface area contributed by atoms with E-state index in [1.807, 2.05) is 0 Å². The Kier molecular flexibility index (Phi) is 4.57. The van der Waals surface area contributed by atoms with Gasteiger partial charge >= 0.3 is 0 Å². The largest absolute Gasteiger partial charge is 0.297 e. The van der Waals surface area contributed by atoms with Crippen molar-refractivity contribution in [3.63, 3.8) is 0 Å². The Hall–Kier alpha value is -1.60. The summed E-state index contributed by atoms with van der Waals surface area (Å²) in [5.41, 5.74) is 1.79. The van der Waals surface area contributed by atoms with Gasteiger partial charge in [-0.05, 0) is 36.4 Å². The molecule has 24 heavy (non-hydrogen) atoms. The van der Waals surface area contributed by atoms with Crippen LogP contribution in [0.3, 0.4) is 0 Å². The fourth-order valence-corrected chi connectivity index (χ4v) is 3.51. The van der Waals surface area contributed by atoms with Crippen molar-refractivity contribution in [1.29, 1.82) is 0 Å². The van der Waals surface area contributed by atoms with Crippen molar-refractivity contribution < 1.29 is 8.42 Å². The van der Waals surface area contributed by atoms with E-state index in [-0.39, 0.29) is 20.4 Å². The van der Waals surface area contributed by atoms with Crippen molar-refractivity contribution in [1.82, 2.24) is 14.5 Å². The van der Waals surface area contributed by atoms with E-state index in [1.165, 1.54) is 18.5 Å². The highest BCUT2D eigenvalue weighted by atomic mass is 35.5. The number of rotatable bonds is 3. The van der Waals surface area contributed by atoms with Gasteiger partial charge in [0.25, 0.3) is 0 Å². The minimum Gasteiger partial charge on any atom is -0.297 e. The van der Waals surface area contributed by atoms with E-state index < -0.39 is 9.84 Å². The molecule has 0 N–H and O–H groups in total. The van der Waals surface area contributed by atoms with Gasteiger partial charge in [0.2, 0.25) is 0 Å². The molecule has 0 amide bonds. The second-order valence-electron chi connectivity index (χ2n) is 4.99. The lowest BCUT2D eigenvalue weighted by Gasteiger charge is -2.10. The zero-order valence-electron chi connectivity index (χ0n) is 12.2. The Morgan fingerprint density at radius 1 is 0.958 bits per heavy atom. The van der Waals surface area contributed by atoms with Crippen molar-refractivity contribution in [2.45, 2.75) is 4.90 Å². The third-order valence-corrected chi connectivity index (χ3v) is 5.24. The molecule has 0 aliphatic heterocycles. The van der Waals surface area contributed by atoms with Crippen molar-refractivity contribution >= 4 is 44.6 Å². The van der Waals surface area contributed by atoms with E-state index in [1.54, 1.807) is 28.8 Å². The highest BCUT2D eigenvalue weighted by Gasteiger charge is 2.17. The van der Waals surface area contributed by atoms with Crippen LogP contribution in [0.15, 0.2) is 47.6 Å². The molecule has 3 rings (SSSR count). The normalized spacial score (nSPS) is 11.7. The second-order valence-corrected chi connectivity index (χ2v) is 8.11. The molecule has 0 saturated heterocycles. The van der Waals surface area contributed by atoms with Crippen LogP contribution in [0, 0.1) is 0 Å². The molecule has 124 valence electrons. The highest BCUT2D eigenvalue weighted by molar-refractivity contribution is 7.90. The van der Waals surface area contributed by atoms with Gasteiger partial charge in [-0.1, -0.05) is 34.8 Å². The molecule has 3 aromatic rings. The van der Waals surface area contributed by atoms with Gasteiger partial charge in [-0.3, -0.25) is 4.57 Å². The smallest absolute Gasteiger partial charge is 0.175 e. The first-order chi connectivity index (χ1) is 11.3. The van der Waals surface area contributed by atoms with Gasteiger partial charge in [-0.2, -0.15) is 0 Å². The monoisotopic (exact) mass is 401 g/mol. The molecule has 0 radical (unpaired) electrons. The van der Waals surface area contributed by atoms with Crippen LogP contribution >= 0.6 is 34.8 Å². The number of halogens is 3. The van der Waals surface area contributed by atoms with Crippen LogP contribution in [0.4, 0.5) is 0 Å². The Bertz CT molecular complexity index is 1010. The summed E-state index contributed by atoms with van der Waals surface area (Å²) in [6, 6.07) is 9.66. The Labute approximate surface area is 153 Å². The van der Waals surface area contributed by atoms with Crippen molar-refractivity contribution in [2.75, 3.05) is 6.26 Å². The molecule has 0 atom stereocenters. The number of imidazole rings is 1.